The largest absolute Gasteiger partial charge is 0.491 e. The van der Waals surface area contributed by atoms with Gasteiger partial charge in [0, 0.05) is 43.3 Å². The maximum absolute atomic E-state index is 13.9. The van der Waals surface area contributed by atoms with Crippen molar-refractivity contribution in [2.24, 2.45) is 11.7 Å². The Labute approximate surface area is 436 Å². The smallest absolute Gasteiger partial charge is 0.410 e. The van der Waals surface area contributed by atoms with Crippen LogP contribution < -0.4 is 27.0 Å². The molecular weight excluding hydrogens is 1010 g/mol. The Morgan fingerprint density at radius 1 is 0.816 bits per heavy atom. The van der Waals surface area contributed by atoms with Crippen molar-refractivity contribution in [1.82, 2.24) is 26.2 Å². The van der Waals surface area contributed by atoms with Gasteiger partial charge in [0.2, 0.25) is 0 Å². The van der Waals surface area contributed by atoms with Crippen LogP contribution in [0.15, 0.2) is 60.4 Å². The molecule has 76 heavy (non-hydrogen) atoms. The number of aliphatic hydroxyl groups is 4. The molecule has 1 unspecified atom stereocenters. The van der Waals surface area contributed by atoms with Gasteiger partial charge >= 0.3 is 24.4 Å². The predicted octanol–water partition coefficient (Wildman–Crippen LogP) is 1.86. The lowest BCUT2D eigenvalue weighted by Gasteiger charge is -2.52. The van der Waals surface area contributed by atoms with Crippen LogP contribution in [0.1, 0.15) is 72.4 Å². The second kappa shape index (κ2) is 25.3. The summed E-state index contributed by atoms with van der Waals surface area (Å²) >= 11 is 0. The summed E-state index contributed by atoms with van der Waals surface area (Å²) in [5, 5.41) is 80.0. The Morgan fingerprint density at radius 2 is 1.34 bits per heavy atom. The first-order valence-electron chi connectivity index (χ1n) is 24.1. The first-order valence-corrected chi connectivity index (χ1v) is 24.1. The van der Waals surface area contributed by atoms with Crippen LogP contribution in [0.5, 0.6) is 0 Å². The van der Waals surface area contributed by atoms with Crippen molar-refractivity contribution in [2.45, 2.75) is 152 Å². The second-order valence-corrected chi connectivity index (χ2v) is 20.7. The van der Waals surface area contributed by atoms with Gasteiger partial charge in [0.1, 0.15) is 60.2 Å². The third-order valence-corrected chi connectivity index (χ3v) is 12.2. The van der Waals surface area contributed by atoms with Crippen LogP contribution in [0.3, 0.4) is 0 Å². The number of carbonyl (C=O) groups excluding carboxylic acids is 5. The van der Waals surface area contributed by atoms with Gasteiger partial charge in [0.25, 0.3) is 17.3 Å². The summed E-state index contributed by atoms with van der Waals surface area (Å²) in [7, 11) is 1.27. The third kappa shape index (κ3) is 16.5. The molecule has 28 heteroatoms. The highest BCUT2D eigenvalue weighted by atomic mass is 16.7. The van der Waals surface area contributed by atoms with Gasteiger partial charge in [-0.25, -0.2) is 19.2 Å². The molecule has 1 aliphatic carbocycles. The van der Waals surface area contributed by atoms with E-state index in [2.05, 4.69) is 21.3 Å². The van der Waals surface area contributed by atoms with Crippen LogP contribution in [0.2, 0.25) is 0 Å². The van der Waals surface area contributed by atoms with Gasteiger partial charge in [-0.05, 0) is 103 Å². The number of nitrogens with zero attached hydrogens (tertiary/aromatic N) is 3. The Morgan fingerprint density at radius 3 is 1.84 bits per heavy atom. The van der Waals surface area contributed by atoms with E-state index < -0.39 is 150 Å². The number of alkyl carbamates (subject to hydrolysis) is 3. The van der Waals surface area contributed by atoms with E-state index >= 15 is 0 Å². The fraction of sp³-hybridized carbons (Fsp3) is 0.604. The lowest BCUT2D eigenvalue weighted by atomic mass is 9.72. The number of nitro groups is 2. The van der Waals surface area contributed by atoms with E-state index in [0.717, 1.165) is 4.90 Å². The molecule has 10 N–H and O–H groups in total. The molecule has 2 aliphatic heterocycles. The lowest BCUT2D eigenvalue weighted by Crippen LogP contribution is -2.71. The molecule has 2 fully saturated rings. The summed E-state index contributed by atoms with van der Waals surface area (Å²) in [6.07, 6.45) is -13.6. The first kappa shape index (κ1) is 59.9. The van der Waals surface area contributed by atoms with Crippen molar-refractivity contribution in [1.29, 1.82) is 0 Å². The number of nitrogens with two attached hydrogens (primary N) is 1. The van der Waals surface area contributed by atoms with Gasteiger partial charge in [-0.15, -0.1) is 0 Å². The Balaban J connectivity index is 1.53. The normalized spacial score (nSPS) is 26.9. The highest BCUT2D eigenvalue weighted by molar-refractivity contribution is 5.82. The van der Waals surface area contributed by atoms with Crippen LogP contribution in [0, 0.1) is 26.1 Å². The van der Waals surface area contributed by atoms with Gasteiger partial charge in [-0.3, -0.25) is 25.0 Å². The topological polar surface area (TPSA) is 395 Å². The number of hydrogen-bond acceptors (Lipinski definition) is 21. The number of rotatable bonds is 17. The van der Waals surface area contributed by atoms with E-state index in [1.165, 1.54) is 62.5 Å². The molecule has 0 aromatic heterocycles. The molecule has 2 heterocycles. The van der Waals surface area contributed by atoms with E-state index in [0.29, 0.717) is 11.1 Å². The van der Waals surface area contributed by atoms with Crippen molar-refractivity contribution in [2.75, 3.05) is 26.7 Å². The Bertz CT molecular complexity index is 2410. The number of hydrogen-bond donors (Lipinski definition) is 9. The monoisotopic (exact) mass is 1080 g/mol. The summed E-state index contributed by atoms with van der Waals surface area (Å²) in [5.74, 6) is -2.36. The van der Waals surface area contributed by atoms with E-state index in [1.807, 2.05) is 0 Å². The molecule has 2 aromatic rings. The minimum atomic E-state index is -1.97. The number of nitrogens with one attached hydrogen (secondary N) is 4. The summed E-state index contributed by atoms with van der Waals surface area (Å²) < 4.78 is 40.3. The van der Waals surface area contributed by atoms with Crippen molar-refractivity contribution in [3.05, 3.63) is 91.7 Å². The molecule has 0 spiro atoms. The van der Waals surface area contributed by atoms with Crippen LogP contribution in [-0.2, 0) is 51.2 Å². The molecule has 28 nitrogen and oxygen atoms in total. The number of likely N-dealkylation sites (N-methyl/N-ethyl adjacent to an activating group) is 1. The second-order valence-electron chi connectivity index (χ2n) is 20.7. The van der Waals surface area contributed by atoms with Crippen LogP contribution >= 0.6 is 0 Å². The van der Waals surface area contributed by atoms with Crippen LogP contribution in [-0.4, -0.2) is 170 Å². The van der Waals surface area contributed by atoms with E-state index in [-0.39, 0.29) is 36.7 Å². The number of nitro benzene ring substituents is 2. The maximum atomic E-state index is 13.9. The van der Waals surface area contributed by atoms with Gasteiger partial charge in [-0.2, -0.15) is 0 Å². The molecule has 3 aliphatic rings. The first-order chi connectivity index (χ1) is 35.5. The molecule has 5 rings (SSSR count). The number of benzene rings is 2. The average Bonchev–Trinajstić information content (AvgIpc) is 3.33. The number of ether oxygens (including phenoxy) is 7. The molecule has 2 aromatic carbocycles. The summed E-state index contributed by atoms with van der Waals surface area (Å²) in [6.45, 7) is 8.74. The molecular formula is C48H68N8O20. The highest BCUT2D eigenvalue weighted by Gasteiger charge is 2.56. The van der Waals surface area contributed by atoms with Crippen molar-refractivity contribution in [3.8, 4) is 0 Å². The predicted molar refractivity (Wildman–Crippen MR) is 262 cm³/mol. The average molecular weight is 1080 g/mol. The molecule has 12 atom stereocenters. The lowest BCUT2D eigenvalue weighted by molar-refractivity contribution is -0.385. The number of carbonyl (C=O) groups is 5. The van der Waals surface area contributed by atoms with Crippen molar-refractivity contribution >= 4 is 41.7 Å². The summed E-state index contributed by atoms with van der Waals surface area (Å²) in [4.78, 5) is 89.2. The maximum Gasteiger partial charge on any atom is 0.410 e. The zero-order chi connectivity index (χ0) is 56.4. The standard InChI is InChI=1S/C48H68N8O20/c1-46(2,3)75-42(61)50-21-33(57)40(60)51-32-19-31(53-44(63)71-23-26-11-15-28(16-12-26)56(68)69)34(35(58)38(32)74-41-36(59)39(48(7,65)24-72-41)54(8)45(64)76-47(4,5)6)37-30(18-17-29(20-49)73-37)52-43(62)70-22-25-9-13-27(14-10-25)55(66)67/h9-17,30-39,41,57-59,65H,18-24,49H2,1-8H3,(H,50,61)(H,51,60)(H,52,62)(H,53,63)/t30-,31+,32-,33+,34?,35+,36-,37+,38+,39-,41-,48+/m1/s1. The quantitative estimate of drug-likeness (QED) is 0.0620. The van der Waals surface area contributed by atoms with Crippen molar-refractivity contribution in [3.63, 3.8) is 0 Å². The molecule has 0 bridgehead atoms. The zero-order valence-corrected chi connectivity index (χ0v) is 43.2. The van der Waals surface area contributed by atoms with Crippen molar-refractivity contribution < 1.29 is 87.4 Å². The third-order valence-electron chi connectivity index (χ3n) is 12.2. The highest BCUT2D eigenvalue weighted by Crippen LogP contribution is 2.39. The van der Waals surface area contributed by atoms with E-state index in [9.17, 15) is 64.6 Å². The molecule has 5 amide bonds. The van der Waals surface area contributed by atoms with Gasteiger partial charge in [-0.1, -0.05) is 0 Å². The molecule has 1 saturated carbocycles. The summed E-state index contributed by atoms with van der Waals surface area (Å²) in [6, 6.07) is 4.95. The van der Waals surface area contributed by atoms with E-state index in [4.69, 9.17) is 38.9 Å². The SMILES string of the molecule is CN(C(=O)OC(C)(C)C)[C@@H]1[C@@H](O)[C@@H](O[C@H]2[C@H](NC(=O)[C@@H](O)CNC(=O)OC(C)(C)C)C[C@H](NC(=O)OCc3ccc([N+](=O)[O-])cc3)C([C@H]3OC(CN)=CC[C@H]3NC(=O)OCc3ccc([N+](=O)[O-])cc3)[C@@H]2O)OC[C@]1(C)O. The van der Waals surface area contributed by atoms with Gasteiger partial charge in [0.05, 0.1) is 53.8 Å². The Kier molecular flexibility index (Phi) is 19.9. The van der Waals surface area contributed by atoms with Crippen LogP contribution in [0.4, 0.5) is 30.6 Å². The fourth-order valence-electron chi connectivity index (χ4n) is 8.77. The molecule has 1 saturated heterocycles. The van der Waals surface area contributed by atoms with Crippen LogP contribution in [0.25, 0.3) is 0 Å². The minimum Gasteiger partial charge on any atom is -0.491 e. The fourth-order valence-corrected chi connectivity index (χ4v) is 8.77. The van der Waals surface area contributed by atoms with Gasteiger partial charge < -0.3 is 85.5 Å². The van der Waals surface area contributed by atoms with Gasteiger partial charge in [0.15, 0.2) is 6.29 Å². The summed E-state index contributed by atoms with van der Waals surface area (Å²) in [5.41, 5.74) is 2.50. The number of amides is 5. The molecule has 420 valence electrons. The zero-order valence-electron chi connectivity index (χ0n) is 43.2. The molecule has 0 radical (unpaired) electrons. The number of aliphatic hydroxyl groups excluding tert-OH is 3. The minimum absolute atomic E-state index is 0.00883. The Hall–Kier alpha value is -6.95. The van der Waals surface area contributed by atoms with E-state index in [1.54, 1.807) is 47.6 Å². The number of non-ortho nitro benzene ring substituents is 2.